The Morgan fingerprint density at radius 3 is 2.66 bits per heavy atom. The number of carbonyl (C=O) groups is 1. The summed E-state index contributed by atoms with van der Waals surface area (Å²) in [6.07, 6.45) is 6.85. The van der Waals surface area contributed by atoms with Crippen LogP contribution in [0.1, 0.15) is 77.0 Å². The average Bonchev–Trinajstić information content (AvgIpc) is 3.26. The van der Waals surface area contributed by atoms with Gasteiger partial charge in [0.25, 0.3) is 0 Å². The number of ketones is 1. The molecule has 3 rings (SSSR count). The largest absolute Gasteiger partial charge is 0.489 e. The Hall–Kier alpha value is -2.43. The van der Waals surface area contributed by atoms with Gasteiger partial charge >= 0.3 is 0 Å². The first-order chi connectivity index (χ1) is 15.4. The number of rotatable bonds is 11. The molecule has 174 valence electrons. The molecule has 1 saturated heterocycles. The molecule has 0 amide bonds. The van der Waals surface area contributed by atoms with E-state index in [-0.39, 0.29) is 23.6 Å². The molecule has 0 aliphatic carbocycles. The normalized spacial score (nSPS) is 17.9. The number of aryl methyl sites for hydroxylation is 1. The number of hydrogen-bond donors (Lipinski definition) is 0. The Bertz CT molecular complexity index is 884. The standard InChI is InChI=1S/C27H37FN2O2/c1-5-7-8-24-27(28)25(13-15-29-24)30-16-14-23(18-30)32-22-11-9-21(10-12-22)20(4)26(31)17-19(3)6-2/h9-13,15,19-20,23H,5-8,14,16-18H2,1-4H3/t19-,20?,23?/m1/s1. The molecule has 1 aromatic heterocycles. The van der Waals surface area contributed by atoms with Crippen LogP contribution in [-0.4, -0.2) is 30.0 Å². The van der Waals surface area contributed by atoms with Gasteiger partial charge in [0.15, 0.2) is 5.82 Å². The molecule has 0 bridgehead atoms. The number of Topliss-reactive ketones (excluding diaryl/α,β-unsaturated/α-hetero) is 1. The molecular weight excluding hydrogens is 403 g/mol. The number of aromatic nitrogens is 1. The van der Waals surface area contributed by atoms with E-state index in [2.05, 4.69) is 30.7 Å². The van der Waals surface area contributed by atoms with Crippen LogP contribution in [0, 0.1) is 11.7 Å². The number of carbonyl (C=O) groups excluding carboxylic acids is 1. The summed E-state index contributed by atoms with van der Waals surface area (Å²) in [7, 11) is 0. The first-order valence-corrected chi connectivity index (χ1v) is 12.1. The lowest BCUT2D eigenvalue weighted by atomic mass is 9.90. The molecule has 2 aromatic rings. The number of benzene rings is 1. The summed E-state index contributed by atoms with van der Waals surface area (Å²) in [6, 6.07) is 9.63. The van der Waals surface area contributed by atoms with Crippen molar-refractivity contribution in [3.05, 3.63) is 53.6 Å². The molecule has 32 heavy (non-hydrogen) atoms. The van der Waals surface area contributed by atoms with Crippen LogP contribution >= 0.6 is 0 Å². The van der Waals surface area contributed by atoms with E-state index >= 15 is 0 Å². The molecule has 0 radical (unpaired) electrons. The molecule has 1 aliphatic heterocycles. The Labute approximate surface area is 192 Å². The summed E-state index contributed by atoms with van der Waals surface area (Å²) >= 11 is 0. The SMILES string of the molecule is CCCCc1nccc(N2CCC(Oc3ccc(C(C)C(=O)C[C@H](C)CC)cc3)C2)c1F. The Morgan fingerprint density at radius 1 is 1.22 bits per heavy atom. The molecule has 5 heteroatoms. The average molecular weight is 441 g/mol. The van der Waals surface area contributed by atoms with Crippen molar-refractivity contribution in [1.82, 2.24) is 4.98 Å². The van der Waals surface area contributed by atoms with E-state index < -0.39 is 0 Å². The molecule has 0 N–H and O–H groups in total. The number of pyridine rings is 1. The van der Waals surface area contributed by atoms with E-state index in [1.165, 1.54) is 0 Å². The third-order valence-electron chi connectivity index (χ3n) is 6.61. The van der Waals surface area contributed by atoms with Gasteiger partial charge in [0.1, 0.15) is 17.6 Å². The molecule has 0 spiro atoms. The van der Waals surface area contributed by atoms with Gasteiger partial charge in [-0.15, -0.1) is 0 Å². The summed E-state index contributed by atoms with van der Waals surface area (Å²) < 4.78 is 21.1. The van der Waals surface area contributed by atoms with Crippen LogP contribution in [-0.2, 0) is 11.2 Å². The number of unbranched alkanes of at least 4 members (excludes halogenated alkanes) is 1. The minimum absolute atomic E-state index is 0.0111. The van der Waals surface area contributed by atoms with Crippen LogP contribution in [0.5, 0.6) is 5.75 Å². The van der Waals surface area contributed by atoms with Crippen LogP contribution in [0.15, 0.2) is 36.5 Å². The monoisotopic (exact) mass is 440 g/mol. The molecule has 1 fully saturated rings. The maximum atomic E-state index is 14.9. The van der Waals surface area contributed by atoms with Gasteiger partial charge in [-0.2, -0.15) is 0 Å². The van der Waals surface area contributed by atoms with Gasteiger partial charge in [-0.3, -0.25) is 9.78 Å². The molecule has 2 heterocycles. The second kappa shape index (κ2) is 11.4. The number of hydrogen-bond acceptors (Lipinski definition) is 4. The van der Waals surface area contributed by atoms with Gasteiger partial charge in [0.05, 0.1) is 17.9 Å². The van der Waals surface area contributed by atoms with Crippen molar-refractivity contribution in [2.24, 2.45) is 5.92 Å². The van der Waals surface area contributed by atoms with Crippen molar-refractivity contribution in [2.75, 3.05) is 18.0 Å². The smallest absolute Gasteiger partial charge is 0.167 e. The van der Waals surface area contributed by atoms with Crippen LogP contribution in [0.2, 0.25) is 0 Å². The highest BCUT2D eigenvalue weighted by Crippen LogP contribution is 2.28. The van der Waals surface area contributed by atoms with E-state index in [0.29, 0.717) is 36.7 Å². The van der Waals surface area contributed by atoms with Crippen molar-refractivity contribution >= 4 is 11.5 Å². The van der Waals surface area contributed by atoms with Gasteiger partial charge in [0.2, 0.25) is 0 Å². The van der Waals surface area contributed by atoms with Crippen molar-refractivity contribution in [1.29, 1.82) is 0 Å². The third-order valence-corrected chi connectivity index (χ3v) is 6.61. The second-order valence-corrected chi connectivity index (χ2v) is 9.14. The Kier molecular flexibility index (Phi) is 8.66. The zero-order valence-electron chi connectivity index (χ0n) is 19.9. The summed E-state index contributed by atoms with van der Waals surface area (Å²) in [5, 5.41) is 0. The lowest BCUT2D eigenvalue weighted by Gasteiger charge is -2.21. The third kappa shape index (κ3) is 6.08. The number of anilines is 1. The van der Waals surface area contributed by atoms with E-state index in [0.717, 1.165) is 43.5 Å². The number of ether oxygens (including phenoxy) is 1. The Balaban J connectivity index is 1.57. The molecule has 2 unspecified atom stereocenters. The minimum Gasteiger partial charge on any atom is -0.489 e. The fraction of sp³-hybridized carbons (Fsp3) is 0.556. The van der Waals surface area contributed by atoms with Crippen molar-refractivity contribution in [3.8, 4) is 5.75 Å². The van der Waals surface area contributed by atoms with Crippen LogP contribution < -0.4 is 9.64 Å². The molecular formula is C27H37FN2O2. The predicted molar refractivity (Wildman–Crippen MR) is 128 cm³/mol. The van der Waals surface area contributed by atoms with Crippen molar-refractivity contribution in [2.45, 2.75) is 78.2 Å². The van der Waals surface area contributed by atoms with Crippen LogP contribution in [0.25, 0.3) is 0 Å². The van der Waals surface area contributed by atoms with Gasteiger partial charge < -0.3 is 9.64 Å². The first-order valence-electron chi connectivity index (χ1n) is 12.1. The van der Waals surface area contributed by atoms with Gasteiger partial charge in [0, 0.05) is 31.5 Å². The fourth-order valence-corrected chi connectivity index (χ4v) is 4.16. The van der Waals surface area contributed by atoms with E-state index in [1.807, 2.05) is 31.2 Å². The summed E-state index contributed by atoms with van der Waals surface area (Å²) in [5.41, 5.74) is 2.21. The minimum atomic E-state index is -0.193. The fourth-order valence-electron chi connectivity index (χ4n) is 4.16. The predicted octanol–water partition coefficient (Wildman–Crippen LogP) is 6.33. The lowest BCUT2D eigenvalue weighted by Crippen LogP contribution is -2.25. The molecule has 0 saturated carbocycles. The summed E-state index contributed by atoms with van der Waals surface area (Å²) in [5.74, 6) is 1.21. The van der Waals surface area contributed by atoms with E-state index in [1.54, 1.807) is 12.3 Å². The summed E-state index contributed by atoms with van der Waals surface area (Å²) in [4.78, 5) is 18.8. The van der Waals surface area contributed by atoms with Crippen LogP contribution in [0.3, 0.4) is 0 Å². The highest BCUT2D eigenvalue weighted by molar-refractivity contribution is 5.85. The molecule has 4 nitrogen and oxygen atoms in total. The molecule has 3 atom stereocenters. The maximum absolute atomic E-state index is 14.9. The Morgan fingerprint density at radius 2 is 1.97 bits per heavy atom. The zero-order chi connectivity index (χ0) is 23.1. The number of halogens is 1. The van der Waals surface area contributed by atoms with Gasteiger partial charge in [-0.1, -0.05) is 52.7 Å². The van der Waals surface area contributed by atoms with Gasteiger partial charge in [-0.05, 0) is 42.5 Å². The van der Waals surface area contributed by atoms with E-state index in [4.69, 9.17) is 4.74 Å². The van der Waals surface area contributed by atoms with Crippen LogP contribution in [0.4, 0.5) is 10.1 Å². The maximum Gasteiger partial charge on any atom is 0.167 e. The zero-order valence-corrected chi connectivity index (χ0v) is 19.9. The van der Waals surface area contributed by atoms with Crippen molar-refractivity contribution < 1.29 is 13.9 Å². The highest BCUT2D eigenvalue weighted by atomic mass is 19.1. The number of nitrogens with zero attached hydrogens (tertiary/aromatic N) is 2. The first kappa shape index (κ1) is 24.2. The summed E-state index contributed by atoms with van der Waals surface area (Å²) in [6.45, 7) is 9.73. The van der Waals surface area contributed by atoms with Crippen molar-refractivity contribution in [3.63, 3.8) is 0 Å². The highest BCUT2D eigenvalue weighted by Gasteiger charge is 2.27. The second-order valence-electron chi connectivity index (χ2n) is 9.14. The quantitative estimate of drug-likeness (QED) is 0.409. The molecule has 1 aliphatic rings. The van der Waals surface area contributed by atoms with Gasteiger partial charge in [-0.25, -0.2) is 4.39 Å². The topological polar surface area (TPSA) is 42.4 Å². The molecule has 1 aromatic carbocycles. The lowest BCUT2D eigenvalue weighted by molar-refractivity contribution is -0.121. The van der Waals surface area contributed by atoms with E-state index in [9.17, 15) is 9.18 Å².